The van der Waals surface area contributed by atoms with Gasteiger partial charge < -0.3 is 10.3 Å². The van der Waals surface area contributed by atoms with Gasteiger partial charge in [0.05, 0.1) is 16.5 Å². The molecule has 0 radical (unpaired) electrons. The van der Waals surface area contributed by atoms with Gasteiger partial charge in [-0.3, -0.25) is 9.59 Å². The van der Waals surface area contributed by atoms with Crippen LogP contribution in [-0.2, 0) is 16.7 Å². The molecule has 0 spiro atoms. The van der Waals surface area contributed by atoms with E-state index in [0.29, 0.717) is 28.3 Å². The molecule has 2 rings (SSSR count). The number of halogens is 3. The fourth-order valence-electron chi connectivity index (χ4n) is 2.29. The van der Waals surface area contributed by atoms with E-state index >= 15 is 0 Å². The highest BCUT2D eigenvalue weighted by Gasteiger charge is 2.30. The van der Waals surface area contributed by atoms with Crippen LogP contribution in [0.3, 0.4) is 0 Å². The van der Waals surface area contributed by atoms with Crippen LogP contribution in [0.5, 0.6) is 0 Å². The molecular formula is C19H22F3N3O2S2. The van der Waals surface area contributed by atoms with Gasteiger partial charge in [0.25, 0.3) is 5.56 Å². The fourth-order valence-corrected chi connectivity index (χ4v) is 3.87. The van der Waals surface area contributed by atoms with Crippen molar-refractivity contribution in [1.82, 2.24) is 9.97 Å². The molecule has 158 valence electrons. The van der Waals surface area contributed by atoms with Gasteiger partial charge >= 0.3 is 6.18 Å². The van der Waals surface area contributed by atoms with Crippen molar-refractivity contribution in [3.05, 3.63) is 51.9 Å². The number of nitrogens with zero attached hydrogens (tertiary/aromatic N) is 1. The second-order valence-electron chi connectivity index (χ2n) is 6.48. The molecule has 29 heavy (non-hydrogen) atoms. The normalized spacial score (nSPS) is 12.8. The second-order valence-corrected chi connectivity index (χ2v) is 9.24. The second kappa shape index (κ2) is 10.2. The monoisotopic (exact) mass is 445 g/mol. The highest BCUT2D eigenvalue weighted by atomic mass is 32.2. The maximum absolute atomic E-state index is 12.6. The van der Waals surface area contributed by atoms with Crippen molar-refractivity contribution in [2.24, 2.45) is 0 Å². The van der Waals surface area contributed by atoms with Crippen molar-refractivity contribution < 1.29 is 18.0 Å². The Kier molecular flexibility index (Phi) is 8.21. The average Bonchev–Trinajstić information content (AvgIpc) is 2.63. The molecule has 1 atom stereocenters. The number of nitrogens with one attached hydrogen (secondary N) is 2. The standard InChI is InChI=1S/C19H22F3N3O2S2/c1-4-15(17(27)23-13-7-5-12(6-8-13)19(20,21)22)29-18-24-14(9-16(26)25-18)10-28-11(2)3/h5-9,11,15H,4,10H2,1-3H3,(H,23,27)(H,24,25,26). The number of rotatable bonds is 8. The first kappa shape index (κ1) is 23.3. The largest absolute Gasteiger partial charge is 0.416 e. The summed E-state index contributed by atoms with van der Waals surface area (Å²) in [6.45, 7) is 5.90. The highest BCUT2D eigenvalue weighted by Crippen LogP contribution is 2.30. The van der Waals surface area contributed by atoms with Crippen LogP contribution in [0.4, 0.5) is 18.9 Å². The number of H-pyrrole nitrogens is 1. The molecule has 0 saturated heterocycles. The van der Waals surface area contributed by atoms with Crippen molar-refractivity contribution in [3.8, 4) is 0 Å². The van der Waals surface area contributed by atoms with Gasteiger partial charge in [-0.2, -0.15) is 24.9 Å². The van der Waals surface area contributed by atoms with Gasteiger partial charge in [0.1, 0.15) is 0 Å². The molecule has 5 nitrogen and oxygen atoms in total. The smallest absolute Gasteiger partial charge is 0.325 e. The summed E-state index contributed by atoms with van der Waals surface area (Å²) >= 11 is 2.77. The predicted octanol–water partition coefficient (Wildman–Crippen LogP) is 4.94. The molecule has 0 aliphatic rings. The van der Waals surface area contributed by atoms with Crippen LogP contribution >= 0.6 is 23.5 Å². The van der Waals surface area contributed by atoms with Crippen molar-refractivity contribution in [3.63, 3.8) is 0 Å². The SMILES string of the molecule is CCC(Sc1nc(CSC(C)C)cc(=O)[nH]1)C(=O)Nc1ccc(C(F)(F)F)cc1. The Morgan fingerprint density at radius 3 is 2.45 bits per heavy atom. The minimum absolute atomic E-state index is 0.269. The Hall–Kier alpha value is -1.94. The molecule has 2 aromatic rings. The van der Waals surface area contributed by atoms with Gasteiger partial charge in [-0.15, -0.1) is 0 Å². The van der Waals surface area contributed by atoms with Gasteiger partial charge in [0, 0.05) is 17.5 Å². The molecule has 0 saturated carbocycles. The van der Waals surface area contributed by atoms with Crippen LogP contribution in [0, 0.1) is 0 Å². The lowest BCUT2D eigenvalue weighted by Gasteiger charge is -2.15. The number of hydrogen-bond acceptors (Lipinski definition) is 5. The fraction of sp³-hybridized carbons (Fsp3) is 0.421. The van der Waals surface area contributed by atoms with Gasteiger partial charge in [0.15, 0.2) is 5.16 Å². The summed E-state index contributed by atoms with van der Waals surface area (Å²) in [5.74, 6) is 0.214. The maximum atomic E-state index is 12.6. The van der Waals surface area contributed by atoms with E-state index in [9.17, 15) is 22.8 Å². The lowest BCUT2D eigenvalue weighted by molar-refractivity contribution is -0.137. The zero-order valence-electron chi connectivity index (χ0n) is 16.2. The number of alkyl halides is 3. The molecule has 0 bridgehead atoms. The van der Waals surface area contributed by atoms with E-state index in [1.54, 1.807) is 18.7 Å². The van der Waals surface area contributed by atoms with Crippen LogP contribution in [0.2, 0.25) is 0 Å². The van der Waals surface area contributed by atoms with Crippen LogP contribution in [0.1, 0.15) is 38.4 Å². The molecule has 1 amide bonds. The maximum Gasteiger partial charge on any atom is 0.416 e. The van der Waals surface area contributed by atoms with E-state index in [4.69, 9.17) is 0 Å². The van der Waals surface area contributed by atoms with Crippen LogP contribution in [0.15, 0.2) is 40.3 Å². The summed E-state index contributed by atoms with van der Waals surface area (Å²) in [6, 6.07) is 5.68. The summed E-state index contributed by atoms with van der Waals surface area (Å²) in [5, 5.41) is 2.78. The van der Waals surface area contributed by atoms with Crippen LogP contribution in [0.25, 0.3) is 0 Å². The Morgan fingerprint density at radius 1 is 1.24 bits per heavy atom. The van der Waals surface area contributed by atoms with Crippen molar-refractivity contribution in [1.29, 1.82) is 0 Å². The number of amides is 1. The lowest BCUT2D eigenvalue weighted by Crippen LogP contribution is -2.25. The molecular weight excluding hydrogens is 423 g/mol. The molecule has 2 N–H and O–H groups in total. The molecule has 1 heterocycles. The summed E-state index contributed by atoms with van der Waals surface area (Å²) in [6.07, 6.45) is -3.98. The summed E-state index contributed by atoms with van der Waals surface area (Å²) < 4.78 is 37.9. The molecule has 0 fully saturated rings. The Bertz CT molecular complexity index is 884. The van der Waals surface area contributed by atoms with Crippen molar-refractivity contribution in [2.75, 3.05) is 5.32 Å². The third-order valence-corrected chi connectivity index (χ3v) is 6.11. The zero-order valence-corrected chi connectivity index (χ0v) is 17.8. The highest BCUT2D eigenvalue weighted by molar-refractivity contribution is 8.00. The third kappa shape index (κ3) is 7.43. The Labute approximate surface area is 175 Å². The number of carbonyl (C=O) groups is 1. The third-order valence-electron chi connectivity index (χ3n) is 3.73. The number of hydrogen-bond donors (Lipinski definition) is 2. The zero-order chi connectivity index (χ0) is 21.6. The first-order chi connectivity index (χ1) is 13.6. The van der Waals surface area contributed by atoms with E-state index in [1.165, 1.54) is 18.2 Å². The van der Waals surface area contributed by atoms with E-state index in [2.05, 4.69) is 15.3 Å². The minimum Gasteiger partial charge on any atom is -0.325 e. The lowest BCUT2D eigenvalue weighted by atomic mass is 10.2. The molecule has 0 aliphatic carbocycles. The van der Waals surface area contributed by atoms with E-state index in [0.717, 1.165) is 23.9 Å². The van der Waals surface area contributed by atoms with Gasteiger partial charge in [-0.05, 0) is 35.9 Å². The predicted molar refractivity (Wildman–Crippen MR) is 111 cm³/mol. The Morgan fingerprint density at radius 2 is 1.90 bits per heavy atom. The number of carbonyl (C=O) groups excluding carboxylic acids is 1. The topological polar surface area (TPSA) is 74.8 Å². The number of aromatic nitrogens is 2. The van der Waals surface area contributed by atoms with Gasteiger partial charge in [-0.25, -0.2) is 4.98 Å². The summed E-state index contributed by atoms with van der Waals surface area (Å²) in [4.78, 5) is 31.5. The molecule has 1 aromatic heterocycles. The van der Waals surface area contributed by atoms with Gasteiger partial charge in [-0.1, -0.05) is 32.5 Å². The first-order valence-electron chi connectivity index (χ1n) is 8.95. The van der Waals surface area contributed by atoms with Crippen molar-refractivity contribution >= 4 is 35.1 Å². The number of benzene rings is 1. The Balaban J connectivity index is 2.07. The summed E-state index contributed by atoms with van der Waals surface area (Å²) in [7, 11) is 0. The average molecular weight is 446 g/mol. The van der Waals surface area contributed by atoms with E-state index < -0.39 is 17.0 Å². The van der Waals surface area contributed by atoms with Crippen LogP contribution < -0.4 is 10.9 Å². The van der Waals surface area contributed by atoms with Gasteiger partial charge in [0.2, 0.25) is 5.91 Å². The molecule has 1 unspecified atom stereocenters. The summed E-state index contributed by atoms with van der Waals surface area (Å²) in [5.41, 5.74) is -0.173. The van der Waals surface area contributed by atoms with Crippen LogP contribution in [-0.4, -0.2) is 26.4 Å². The minimum atomic E-state index is -4.43. The molecule has 1 aromatic carbocycles. The molecule has 0 aliphatic heterocycles. The number of anilines is 1. The molecule has 10 heteroatoms. The van der Waals surface area contributed by atoms with E-state index in [1.807, 2.05) is 13.8 Å². The van der Waals surface area contributed by atoms with Crippen molar-refractivity contribution in [2.45, 2.75) is 54.8 Å². The number of thioether (sulfide) groups is 2. The first-order valence-corrected chi connectivity index (χ1v) is 10.9. The number of aromatic amines is 1. The quantitative estimate of drug-likeness (QED) is 0.445. The van der Waals surface area contributed by atoms with E-state index in [-0.39, 0.29) is 17.2 Å².